The van der Waals surface area contributed by atoms with Crippen LogP contribution in [0.3, 0.4) is 0 Å². The van der Waals surface area contributed by atoms with Gasteiger partial charge in [-0.25, -0.2) is 0 Å². The highest BCUT2D eigenvalue weighted by molar-refractivity contribution is 5.98. The van der Waals surface area contributed by atoms with Gasteiger partial charge in [-0.05, 0) is 34.5 Å². The predicted octanol–water partition coefficient (Wildman–Crippen LogP) is 1.80. The Kier molecular flexibility index (Phi) is 3.67. The molecule has 1 heterocycles. The van der Waals surface area contributed by atoms with E-state index in [1.54, 1.807) is 0 Å². The Bertz CT molecular complexity index is 633. The predicted molar refractivity (Wildman–Crippen MR) is 76.6 cm³/mol. The van der Waals surface area contributed by atoms with E-state index < -0.39 is 0 Å². The largest absolute Gasteiger partial charge is 0.392 e. The van der Waals surface area contributed by atoms with Crippen molar-refractivity contribution in [2.75, 3.05) is 26.3 Å². The molecule has 0 unspecified atom stereocenters. The van der Waals surface area contributed by atoms with Crippen molar-refractivity contribution in [3.8, 4) is 0 Å². The number of morpholine rings is 1. The minimum atomic E-state index is 0.0321. The first-order chi connectivity index (χ1) is 9.78. The molecular formula is C16H17NO3. The van der Waals surface area contributed by atoms with E-state index in [0.29, 0.717) is 31.9 Å². The molecule has 20 heavy (non-hydrogen) atoms. The monoisotopic (exact) mass is 271 g/mol. The van der Waals surface area contributed by atoms with Gasteiger partial charge in [0.1, 0.15) is 0 Å². The number of carbonyl (C=O) groups is 1. The van der Waals surface area contributed by atoms with Gasteiger partial charge in [-0.3, -0.25) is 4.79 Å². The fraction of sp³-hybridized carbons (Fsp3) is 0.312. The second-order valence-corrected chi connectivity index (χ2v) is 4.96. The number of carbonyl (C=O) groups excluding carboxylic acids is 1. The Morgan fingerprint density at radius 1 is 1.10 bits per heavy atom. The van der Waals surface area contributed by atoms with Crippen LogP contribution in [-0.2, 0) is 11.3 Å². The van der Waals surface area contributed by atoms with Crippen LogP contribution in [-0.4, -0.2) is 42.2 Å². The number of nitrogens with zero attached hydrogens (tertiary/aromatic N) is 1. The highest BCUT2D eigenvalue weighted by Crippen LogP contribution is 2.19. The summed E-state index contributed by atoms with van der Waals surface area (Å²) in [5.41, 5.74) is 1.58. The second kappa shape index (κ2) is 5.61. The molecule has 1 aliphatic heterocycles. The fourth-order valence-corrected chi connectivity index (χ4v) is 2.48. The number of benzene rings is 2. The quantitative estimate of drug-likeness (QED) is 0.906. The van der Waals surface area contributed by atoms with Gasteiger partial charge in [0.25, 0.3) is 5.91 Å². The molecule has 1 amide bonds. The van der Waals surface area contributed by atoms with Gasteiger partial charge in [-0.2, -0.15) is 0 Å². The Hall–Kier alpha value is -1.91. The minimum absolute atomic E-state index is 0.0321. The molecule has 0 saturated carbocycles. The third-order valence-electron chi connectivity index (χ3n) is 3.63. The molecule has 104 valence electrons. The average molecular weight is 271 g/mol. The third kappa shape index (κ3) is 2.53. The Morgan fingerprint density at radius 3 is 2.55 bits per heavy atom. The Balaban J connectivity index is 1.90. The molecule has 1 N–H and O–H groups in total. The van der Waals surface area contributed by atoms with E-state index in [4.69, 9.17) is 9.84 Å². The summed E-state index contributed by atoms with van der Waals surface area (Å²) in [6, 6.07) is 11.5. The molecule has 1 aliphatic rings. The number of hydrogen-bond acceptors (Lipinski definition) is 3. The Morgan fingerprint density at radius 2 is 1.80 bits per heavy atom. The lowest BCUT2D eigenvalue weighted by atomic mass is 10.0. The lowest BCUT2D eigenvalue weighted by molar-refractivity contribution is 0.0303. The standard InChI is InChI=1S/C16H17NO3/c18-11-12-1-2-14-10-15(4-3-13(14)9-12)16(19)17-5-7-20-8-6-17/h1-4,9-10,18H,5-8,11H2. The first-order valence-corrected chi connectivity index (χ1v) is 6.78. The van der Waals surface area contributed by atoms with Gasteiger partial charge in [0.05, 0.1) is 19.8 Å². The summed E-state index contributed by atoms with van der Waals surface area (Å²) in [6.07, 6.45) is 0. The smallest absolute Gasteiger partial charge is 0.254 e. The molecule has 0 radical (unpaired) electrons. The molecule has 0 spiro atoms. The van der Waals surface area contributed by atoms with Crippen LogP contribution in [0.25, 0.3) is 10.8 Å². The lowest BCUT2D eigenvalue weighted by Gasteiger charge is -2.27. The summed E-state index contributed by atoms with van der Waals surface area (Å²) >= 11 is 0. The molecule has 1 fully saturated rings. The molecule has 0 atom stereocenters. The molecule has 0 aromatic heterocycles. The number of fused-ring (bicyclic) bond motifs is 1. The van der Waals surface area contributed by atoms with E-state index >= 15 is 0 Å². The first kappa shape index (κ1) is 13.1. The van der Waals surface area contributed by atoms with Crippen molar-refractivity contribution >= 4 is 16.7 Å². The van der Waals surface area contributed by atoms with Gasteiger partial charge in [-0.1, -0.05) is 18.2 Å². The van der Waals surface area contributed by atoms with E-state index in [1.165, 1.54) is 0 Å². The van der Waals surface area contributed by atoms with E-state index in [0.717, 1.165) is 16.3 Å². The molecule has 0 aliphatic carbocycles. The van der Waals surface area contributed by atoms with Crippen molar-refractivity contribution in [1.29, 1.82) is 0 Å². The SMILES string of the molecule is O=C(c1ccc2cc(CO)ccc2c1)N1CCOCC1. The molecule has 0 bridgehead atoms. The number of hydrogen-bond donors (Lipinski definition) is 1. The molecule has 4 nitrogen and oxygen atoms in total. The normalized spacial score (nSPS) is 15.6. The summed E-state index contributed by atoms with van der Waals surface area (Å²) < 4.78 is 5.26. The summed E-state index contributed by atoms with van der Waals surface area (Å²) in [7, 11) is 0. The summed E-state index contributed by atoms with van der Waals surface area (Å²) in [5.74, 6) is 0.0569. The van der Waals surface area contributed by atoms with Gasteiger partial charge in [-0.15, -0.1) is 0 Å². The number of aliphatic hydroxyl groups is 1. The van der Waals surface area contributed by atoms with E-state index in [9.17, 15) is 4.79 Å². The molecule has 1 saturated heterocycles. The van der Waals surface area contributed by atoms with Crippen molar-refractivity contribution in [1.82, 2.24) is 4.90 Å². The van der Waals surface area contributed by atoms with Crippen LogP contribution in [0.4, 0.5) is 0 Å². The summed E-state index contributed by atoms with van der Waals surface area (Å²) in [6.45, 7) is 2.56. The zero-order valence-electron chi connectivity index (χ0n) is 11.2. The van der Waals surface area contributed by atoms with E-state index in [1.807, 2.05) is 41.3 Å². The van der Waals surface area contributed by atoms with Crippen LogP contribution < -0.4 is 0 Å². The summed E-state index contributed by atoms with van der Waals surface area (Å²) in [4.78, 5) is 14.2. The van der Waals surface area contributed by atoms with Crippen LogP contribution >= 0.6 is 0 Å². The maximum absolute atomic E-state index is 12.4. The molecule has 4 heteroatoms. The topological polar surface area (TPSA) is 49.8 Å². The molecule has 3 rings (SSSR count). The van der Waals surface area contributed by atoms with Crippen molar-refractivity contribution in [3.05, 3.63) is 47.5 Å². The highest BCUT2D eigenvalue weighted by Gasteiger charge is 2.18. The lowest BCUT2D eigenvalue weighted by Crippen LogP contribution is -2.40. The van der Waals surface area contributed by atoms with E-state index in [-0.39, 0.29) is 12.5 Å². The van der Waals surface area contributed by atoms with Gasteiger partial charge in [0, 0.05) is 18.7 Å². The maximum Gasteiger partial charge on any atom is 0.254 e. The number of rotatable bonds is 2. The summed E-state index contributed by atoms with van der Waals surface area (Å²) in [5, 5.41) is 11.2. The minimum Gasteiger partial charge on any atom is -0.392 e. The molecule has 2 aromatic carbocycles. The van der Waals surface area contributed by atoms with Crippen molar-refractivity contribution in [2.24, 2.45) is 0 Å². The maximum atomic E-state index is 12.4. The number of aliphatic hydroxyl groups excluding tert-OH is 1. The fourth-order valence-electron chi connectivity index (χ4n) is 2.48. The van der Waals surface area contributed by atoms with Gasteiger partial charge >= 0.3 is 0 Å². The number of ether oxygens (including phenoxy) is 1. The van der Waals surface area contributed by atoms with Crippen LogP contribution in [0, 0.1) is 0 Å². The first-order valence-electron chi connectivity index (χ1n) is 6.78. The Labute approximate surface area is 117 Å². The average Bonchev–Trinajstić information content (AvgIpc) is 2.54. The van der Waals surface area contributed by atoms with Crippen molar-refractivity contribution < 1.29 is 14.6 Å². The van der Waals surface area contributed by atoms with Gasteiger partial charge in [0.2, 0.25) is 0 Å². The zero-order chi connectivity index (χ0) is 13.9. The van der Waals surface area contributed by atoms with Crippen LogP contribution in [0.5, 0.6) is 0 Å². The van der Waals surface area contributed by atoms with Crippen LogP contribution in [0.1, 0.15) is 15.9 Å². The molecule has 2 aromatic rings. The van der Waals surface area contributed by atoms with Gasteiger partial charge < -0.3 is 14.7 Å². The number of amides is 1. The zero-order valence-corrected chi connectivity index (χ0v) is 11.2. The third-order valence-corrected chi connectivity index (χ3v) is 3.63. The molecular weight excluding hydrogens is 254 g/mol. The van der Waals surface area contributed by atoms with E-state index in [2.05, 4.69) is 0 Å². The second-order valence-electron chi connectivity index (χ2n) is 4.96. The van der Waals surface area contributed by atoms with Crippen molar-refractivity contribution in [3.63, 3.8) is 0 Å². The van der Waals surface area contributed by atoms with Crippen molar-refractivity contribution in [2.45, 2.75) is 6.61 Å². The van der Waals surface area contributed by atoms with Gasteiger partial charge in [0.15, 0.2) is 0 Å². The van der Waals surface area contributed by atoms with Crippen LogP contribution in [0.15, 0.2) is 36.4 Å². The van der Waals surface area contributed by atoms with Crippen LogP contribution in [0.2, 0.25) is 0 Å². The highest BCUT2D eigenvalue weighted by atomic mass is 16.5.